The highest BCUT2D eigenvalue weighted by molar-refractivity contribution is 7.90. The molecule has 34 nitrogen and oxygen atoms in total. The van der Waals surface area contributed by atoms with Crippen LogP contribution in [-0.2, 0) is 96.2 Å². The van der Waals surface area contributed by atoms with Gasteiger partial charge < -0.3 is 76.2 Å². The normalized spacial score (nSPS) is 15.6. The predicted molar refractivity (Wildman–Crippen MR) is 434 cm³/mol. The number of sulfone groups is 1. The van der Waals surface area contributed by atoms with Crippen molar-refractivity contribution in [2.75, 3.05) is 85.9 Å². The van der Waals surface area contributed by atoms with Gasteiger partial charge in [0.2, 0.25) is 56.3 Å². The van der Waals surface area contributed by atoms with E-state index in [2.05, 4.69) is 64.0 Å². The molecule has 0 radical (unpaired) electrons. The van der Waals surface area contributed by atoms with Crippen molar-refractivity contribution in [1.29, 1.82) is 0 Å². The summed E-state index contributed by atoms with van der Waals surface area (Å²) in [4.78, 5) is 161. The minimum absolute atomic E-state index is 0.0495. The fourth-order valence-electron chi connectivity index (χ4n) is 13.8. The summed E-state index contributed by atoms with van der Waals surface area (Å²) in [7, 11) is 2.55. The molecule has 646 valence electrons. The molecule has 117 heavy (non-hydrogen) atoms. The molecule has 4 aromatic rings. The molecule has 1 fully saturated rings. The van der Waals surface area contributed by atoms with E-state index < -0.39 is 155 Å². The van der Waals surface area contributed by atoms with Gasteiger partial charge in [0.15, 0.2) is 5.78 Å². The van der Waals surface area contributed by atoms with Gasteiger partial charge in [0.05, 0.1) is 85.8 Å². The number of rotatable bonds is 50. The van der Waals surface area contributed by atoms with Crippen molar-refractivity contribution in [1.82, 2.24) is 66.2 Å². The zero-order valence-corrected chi connectivity index (χ0v) is 71.1. The van der Waals surface area contributed by atoms with Gasteiger partial charge in [0.25, 0.3) is 0 Å². The number of carbonyl (C=O) groups excluding carboxylic acids is 11. The number of aryl methyl sites for hydroxylation is 1. The van der Waals surface area contributed by atoms with Gasteiger partial charge in [-0.25, -0.2) is 32.7 Å². The lowest BCUT2D eigenvalue weighted by Gasteiger charge is -2.41. The minimum Gasteiger partial charge on any atom is -0.445 e. The molecule has 2 aromatic carbocycles. The number of methoxy groups -OCH3 is 2. The van der Waals surface area contributed by atoms with E-state index in [1.807, 2.05) is 32.0 Å². The summed E-state index contributed by atoms with van der Waals surface area (Å²) in [5, 5.41) is 35.4. The Morgan fingerprint density at radius 2 is 1.42 bits per heavy atom. The molecule has 1 saturated heterocycles. The first kappa shape index (κ1) is 97.7. The lowest BCUT2D eigenvalue weighted by atomic mass is 9.89. The van der Waals surface area contributed by atoms with E-state index >= 15 is 0 Å². The molecule has 1 aliphatic heterocycles. The SMILES string of the molecule is CC[C@H](C)[C@@H]([C@@H](CC(=O)N1CCC[C@H]1[C@H](OC)[C@@H](C)C(=O)N[C@H](C)[C@@H](O)c1ccccc1)OC)N(C)C(=O)[C@@H](NC(=O)[C@H](C(C)C)N(C)C(=O)OCc1ccc(NC(=O)[C@H](CCCNC(N)=O)CC(=O)[C@@H](NC(=O)COCC(=O)NCCOCCn2cc(CCC(=O)CCCC#Cc3cnc(S(C)(=O)=O)nc3)nn2)C(C)C)cc1)C(C)C. The minimum atomic E-state index is -3.51. The number of ether oxygens (including phenoxy) is 5. The van der Waals surface area contributed by atoms with Crippen LogP contribution < -0.4 is 37.6 Å². The molecule has 2 aromatic heterocycles. The number of ketones is 2. The van der Waals surface area contributed by atoms with E-state index in [4.69, 9.17) is 29.4 Å². The number of likely N-dealkylation sites (tertiary alicyclic amines) is 1. The van der Waals surface area contributed by atoms with E-state index in [0.29, 0.717) is 86.1 Å². The maximum Gasteiger partial charge on any atom is 0.410 e. The number of carbonyl (C=O) groups is 11. The number of unbranched alkanes of at least 4 members (excludes halogenated alkanes) is 1. The molecular weight excluding hydrogens is 1530 g/mol. The van der Waals surface area contributed by atoms with Gasteiger partial charge >= 0.3 is 12.1 Å². The van der Waals surface area contributed by atoms with Crippen molar-refractivity contribution in [3.05, 3.63) is 95.6 Å². The maximum absolute atomic E-state index is 14.9. The number of anilines is 1. The Bertz CT molecular complexity index is 4070. The molecule has 5 rings (SSSR count). The zero-order valence-electron chi connectivity index (χ0n) is 70.3. The van der Waals surface area contributed by atoms with E-state index in [1.165, 1.54) is 38.6 Å². The van der Waals surface area contributed by atoms with E-state index in [1.54, 1.807) is 120 Å². The number of nitrogens with zero attached hydrogens (tertiary/aromatic N) is 8. The van der Waals surface area contributed by atoms with Crippen molar-refractivity contribution in [2.45, 2.75) is 219 Å². The average molecular weight is 1660 g/mol. The van der Waals surface area contributed by atoms with Gasteiger partial charge in [-0.1, -0.05) is 128 Å². The summed E-state index contributed by atoms with van der Waals surface area (Å²) in [6.07, 6.45) is 6.04. The first-order chi connectivity index (χ1) is 55.5. The number of likely N-dealkylation sites (N-methyl/N-ethyl adjacent to an activating group) is 2. The molecule has 12 atom stereocenters. The van der Waals surface area contributed by atoms with E-state index in [9.17, 15) is 66.3 Å². The van der Waals surface area contributed by atoms with E-state index in [-0.39, 0.29) is 93.7 Å². The van der Waals surface area contributed by atoms with Gasteiger partial charge in [-0.2, -0.15) is 0 Å². The Labute approximate surface area is 687 Å². The Hall–Kier alpha value is -9.86. The summed E-state index contributed by atoms with van der Waals surface area (Å²) >= 11 is 0. The Morgan fingerprint density at radius 1 is 0.744 bits per heavy atom. The summed E-state index contributed by atoms with van der Waals surface area (Å²) < 4.78 is 53.4. The van der Waals surface area contributed by atoms with Crippen molar-refractivity contribution in [2.24, 2.45) is 41.2 Å². The molecule has 1 aliphatic rings. The standard InChI is InChI=1S/C82H123N15O19S/c1-16-54(8)73(66(112-13)44-69(102)97-39-24-30-64(97)75(113-14)55(9)76(104)88-56(10)74(103)59-26-20-18-21-27-59)94(11)79(107)71(52(4)5)91-78(106)72(53(6)7)95(12)82(109)116-48-57-31-33-61(34-32-57)89-77(105)60(28-23-37-85-80(83)108)43-65(99)70(51(2)3)90-68(101)50-115-49-67(100)84-38-41-114-42-40-96-47-62(92-93-96)35-36-63(98)29-22-17-19-25-58-45-86-81(87-46-58)117(15,110)111/h18,20-21,26-27,31-34,45-47,51-56,60,64,66,70-75,103H,16-17,22-24,28-30,35-44,48-50H2,1-15H3,(H,84,100)(H,88,104)(H,89,105)(H,90,101)(H,91,106)(H3,83,85,108)/t54-,55+,56+,60+,64-,66+,70-,71-,72-,73-,74+,75+/m0/s1. The molecule has 3 heterocycles. The third-order valence-electron chi connectivity index (χ3n) is 20.5. The second-order valence-electron chi connectivity index (χ2n) is 30.8. The van der Waals surface area contributed by atoms with Crippen LogP contribution in [0.5, 0.6) is 0 Å². The highest BCUT2D eigenvalue weighted by atomic mass is 32.2. The highest BCUT2D eigenvalue weighted by Crippen LogP contribution is 2.31. The van der Waals surface area contributed by atoms with E-state index in [0.717, 1.165) is 6.26 Å². The monoisotopic (exact) mass is 1650 g/mol. The second kappa shape index (κ2) is 49.4. The van der Waals surface area contributed by atoms with Crippen LogP contribution in [0, 0.1) is 47.3 Å². The molecule has 0 saturated carbocycles. The number of aliphatic hydroxyl groups is 1. The summed E-state index contributed by atoms with van der Waals surface area (Å²) in [6.45, 7) is 18.1. The third-order valence-corrected chi connectivity index (χ3v) is 21.4. The Morgan fingerprint density at radius 3 is 2.04 bits per heavy atom. The number of amides is 10. The summed E-state index contributed by atoms with van der Waals surface area (Å²) in [5.74, 6) is -1.12. The van der Waals surface area contributed by atoms with Crippen LogP contribution in [0.4, 0.5) is 15.3 Å². The van der Waals surface area contributed by atoms with Gasteiger partial charge in [-0.3, -0.25) is 48.1 Å². The van der Waals surface area contributed by atoms with Crippen LogP contribution in [0.15, 0.2) is 78.3 Å². The fourth-order valence-corrected chi connectivity index (χ4v) is 14.3. The molecule has 9 N–H and O–H groups in total. The third kappa shape index (κ3) is 32.2. The van der Waals surface area contributed by atoms with Crippen molar-refractivity contribution >= 4 is 80.6 Å². The van der Waals surface area contributed by atoms with Gasteiger partial charge in [0, 0.05) is 110 Å². The van der Waals surface area contributed by atoms with Crippen LogP contribution in [0.2, 0.25) is 0 Å². The number of hydrogen-bond donors (Lipinski definition) is 8. The zero-order chi connectivity index (χ0) is 86.6. The second-order valence-corrected chi connectivity index (χ2v) is 32.7. The first-order valence-electron chi connectivity index (χ1n) is 39.9. The van der Waals surface area contributed by atoms with Gasteiger partial charge in [-0.05, 0) is 92.4 Å². The number of Topliss-reactive ketones (excluding diaryl/α,β-unsaturated/α-hetero) is 2. The number of nitrogens with two attached hydrogens (primary N) is 1. The smallest absolute Gasteiger partial charge is 0.410 e. The molecule has 10 amide bonds. The molecule has 0 unspecified atom stereocenters. The van der Waals surface area contributed by atoms with Crippen LogP contribution in [-0.4, -0.2) is 247 Å². The average Bonchev–Trinajstić information content (AvgIpc) is 1.79. The molecular formula is C82H123N15O19S. The van der Waals surface area contributed by atoms with Crippen molar-refractivity contribution < 1.29 is 89.9 Å². The molecule has 0 bridgehead atoms. The van der Waals surface area contributed by atoms with Crippen LogP contribution in [0.25, 0.3) is 0 Å². The number of urea groups is 1. The Balaban J connectivity index is 1.07. The molecule has 0 spiro atoms. The Kier molecular flexibility index (Phi) is 41.2. The largest absolute Gasteiger partial charge is 0.445 e. The number of primary amides is 1. The van der Waals surface area contributed by atoms with Gasteiger partial charge in [0.1, 0.15) is 37.7 Å². The number of nitrogens with one attached hydrogen (secondary N) is 6. The number of hydrogen-bond acceptors (Lipinski definition) is 23. The number of aromatic nitrogens is 5. The van der Waals surface area contributed by atoms with Crippen LogP contribution in [0.1, 0.15) is 168 Å². The van der Waals surface area contributed by atoms with Crippen molar-refractivity contribution in [3.63, 3.8) is 0 Å². The maximum atomic E-state index is 14.9. The number of benzene rings is 2. The van der Waals surface area contributed by atoms with Gasteiger partial charge in [-0.15, -0.1) is 5.10 Å². The lowest BCUT2D eigenvalue weighted by molar-refractivity contribution is -0.148. The highest BCUT2D eigenvalue weighted by Gasteiger charge is 2.44. The predicted octanol–water partition coefficient (Wildman–Crippen LogP) is 5.04. The molecule has 0 aliphatic carbocycles. The topological polar surface area (TPSA) is 453 Å². The molecule has 35 heteroatoms. The lowest BCUT2D eigenvalue weighted by Crippen LogP contribution is -2.60. The summed E-state index contributed by atoms with van der Waals surface area (Å²) in [6, 6.07) is 9.71. The number of aliphatic hydroxyl groups excluding tert-OH is 1. The van der Waals surface area contributed by atoms with Crippen LogP contribution in [0.3, 0.4) is 0 Å². The first-order valence-corrected chi connectivity index (χ1v) is 41.8. The fraction of sp³-hybridized carbons (Fsp3) is 0.622. The summed E-state index contributed by atoms with van der Waals surface area (Å²) in [5.41, 5.74) is 7.90. The quantitative estimate of drug-likeness (QED) is 0.0163. The van der Waals surface area contributed by atoms with Crippen molar-refractivity contribution in [3.8, 4) is 11.8 Å². The van der Waals surface area contributed by atoms with Crippen LogP contribution >= 0.6 is 0 Å².